The highest BCUT2D eigenvalue weighted by Gasteiger charge is 2.26. The molecule has 0 saturated carbocycles. The van der Waals surface area contributed by atoms with Gasteiger partial charge in [0, 0.05) is 0 Å². The number of carbonyl (C=O) groups is 1. The molecule has 7 heteroatoms. The van der Waals surface area contributed by atoms with Gasteiger partial charge in [-0.3, -0.25) is 4.79 Å². The Kier molecular flexibility index (Phi) is 3.05. The zero-order valence-electron chi connectivity index (χ0n) is 6.40. The predicted molar refractivity (Wildman–Crippen MR) is 39.3 cm³/mol. The van der Waals surface area contributed by atoms with Crippen molar-refractivity contribution in [2.24, 2.45) is 0 Å². The van der Waals surface area contributed by atoms with Crippen LogP contribution in [0.25, 0.3) is 0 Å². The summed E-state index contributed by atoms with van der Waals surface area (Å²) in [6, 6.07) is 0. The Labute approximate surface area is 80.5 Å². The number of hydrogen-bond donors (Lipinski definition) is 0. The lowest BCUT2D eigenvalue weighted by Crippen LogP contribution is -2.07. The largest absolute Gasteiger partial charge is 0.275 e. The SMILES string of the molecule is O=C(Cl)c1c(F)cnc(F)c1C(F)F. The molecule has 2 nitrogen and oxygen atoms in total. The molecule has 0 spiro atoms. The minimum Gasteiger partial charge on any atom is -0.275 e. The van der Waals surface area contributed by atoms with Gasteiger partial charge in [0.25, 0.3) is 11.7 Å². The summed E-state index contributed by atoms with van der Waals surface area (Å²) in [5.74, 6) is -2.98. The van der Waals surface area contributed by atoms with Crippen molar-refractivity contribution in [3.05, 3.63) is 29.1 Å². The maximum Gasteiger partial charge on any atom is 0.269 e. The molecule has 0 radical (unpaired) electrons. The third kappa shape index (κ3) is 1.84. The van der Waals surface area contributed by atoms with Crippen LogP contribution in [0, 0.1) is 11.8 Å². The van der Waals surface area contributed by atoms with Crippen LogP contribution in [0.4, 0.5) is 17.6 Å². The van der Waals surface area contributed by atoms with E-state index in [-0.39, 0.29) is 0 Å². The Balaban J connectivity index is 3.50. The maximum atomic E-state index is 12.8. The normalized spacial score (nSPS) is 10.7. The van der Waals surface area contributed by atoms with E-state index in [1.807, 2.05) is 0 Å². The second-order valence-corrected chi connectivity index (χ2v) is 2.60. The van der Waals surface area contributed by atoms with E-state index in [1.54, 1.807) is 0 Å². The first-order chi connectivity index (χ1) is 6.45. The van der Waals surface area contributed by atoms with Gasteiger partial charge in [-0.2, -0.15) is 4.39 Å². The minimum atomic E-state index is -3.35. The summed E-state index contributed by atoms with van der Waals surface area (Å²) in [7, 11) is 0. The van der Waals surface area contributed by atoms with Crippen molar-refractivity contribution in [1.29, 1.82) is 0 Å². The van der Waals surface area contributed by atoms with E-state index in [9.17, 15) is 22.4 Å². The summed E-state index contributed by atoms with van der Waals surface area (Å²) in [5.41, 5.74) is -2.58. The minimum absolute atomic E-state index is 0.316. The molecule has 0 unspecified atom stereocenters. The molecule has 1 rings (SSSR count). The highest BCUT2D eigenvalue weighted by atomic mass is 35.5. The maximum absolute atomic E-state index is 12.8. The van der Waals surface area contributed by atoms with Gasteiger partial charge in [-0.25, -0.2) is 18.2 Å². The fourth-order valence-electron chi connectivity index (χ4n) is 0.878. The Morgan fingerprint density at radius 1 is 1.43 bits per heavy atom. The monoisotopic (exact) mass is 227 g/mol. The topological polar surface area (TPSA) is 30.0 Å². The Morgan fingerprint density at radius 3 is 2.36 bits per heavy atom. The van der Waals surface area contributed by atoms with Gasteiger partial charge in [0.15, 0.2) is 5.82 Å². The molecule has 1 heterocycles. The molecule has 1 aromatic rings. The van der Waals surface area contributed by atoms with E-state index in [1.165, 1.54) is 0 Å². The third-order valence-electron chi connectivity index (χ3n) is 1.44. The molecule has 76 valence electrons. The fourth-order valence-corrected chi connectivity index (χ4v) is 1.07. The van der Waals surface area contributed by atoms with E-state index in [2.05, 4.69) is 4.98 Å². The zero-order chi connectivity index (χ0) is 10.9. The molecule has 0 atom stereocenters. The summed E-state index contributed by atoms with van der Waals surface area (Å²) in [5, 5.41) is -1.49. The number of halogens is 5. The lowest BCUT2D eigenvalue weighted by atomic mass is 10.1. The number of carbonyl (C=O) groups excluding carboxylic acids is 1. The molecule has 0 N–H and O–H groups in total. The second-order valence-electron chi connectivity index (χ2n) is 2.26. The number of pyridine rings is 1. The molecule has 0 fully saturated rings. The average molecular weight is 228 g/mol. The van der Waals surface area contributed by atoms with E-state index in [4.69, 9.17) is 11.6 Å². The van der Waals surface area contributed by atoms with Gasteiger partial charge in [-0.1, -0.05) is 0 Å². The van der Waals surface area contributed by atoms with Gasteiger partial charge in [0.1, 0.15) is 0 Å². The number of alkyl halides is 2. The average Bonchev–Trinajstić information content (AvgIpc) is 2.07. The molecule has 14 heavy (non-hydrogen) atoms. The van der Waals surface area contributed by atoms with Crippen LogP contribution in [0.15, 0.2) is 6.20 Å². The first-order valence-corrected chi connectivity index (χ1v) is 3.64. The Hall–Kier alpha value is -1.17. The summed E-state index contributed by atoms with van der Waals surface area (Å²) >= 11 is 4.82. The molecule has 0 bridgehead atoms. The van der Waals surface area contributed by atoms with Crippen molar-refractivity contribution in [3.8, 4) is 0 Å². The van der Waals surface area contributed by atoms with Crippen LogP contribution < -0.4 is 0 Å². The highest BCUT2D eigenvalue weighted by Crippen LogP contribution is 2.27. The van der Waals surface area contributed by atoms with Gasteiger partial charge in [0.2, 0.25) is 5.95 Å². The number of hydrogen-bond acceptors (Lipinski definition) is 2. The quantitative estimate of drug-likeness (QED) is 0.442. The third-order valence-corrected chi connectivity index (χ3v) is 1.63. The number of rotatable bonds is 2. The van der Waals surface area contributed by atoms with Crippen molar-refractivity contribution in [3.63, 3.8) is 0 Å². The molecule has 0 aliphatic heterocycles. The standard InChI is InChI=1S/C7H2ClF4NO/c8-5(14)3-2(9)1-13-7(12)4(3)6(10)11/h1,6H. The van der Waals surface area contributed by atoms with E-state index in [0.717, 1.165) is 0 Å². The van der Waals surface area contributed by atoms with Crippen LogP contribution in [0.5, 0.6) is 0 Å². The molecule has 0 aliphatic carbocycles. The summed E-state index contributed by atoms with van der Waals surface area (Å²) in [6.45, 7) is 0. The van der Waals surface area contributed by atoms with E-state index in [0.29, 0.717) is 6.20 Å². The van der Waals surface area contributed by atoms with Crippen LogP contribution >= 0.6 is 11.6 Å². The van der Waals surface area contributed by atoms with Crippen LogP contribution in [0.2, 0.25) is 0 Å². The lowest BCUT2D eigenvalue weighted by molar-refractivity contribution is 0.105. The summed E-state index contributed by atoms with van der Waals surface area (Å²) in [4.78, 5) is 13.3. The van der Waals surface area contributed by atoms with Crippen molar-refractivity contribution in [2.75, 3.05) is 0 Å². The molecule has 1 aromatic heterocycles. The smallest absolute Gasteiger partial charge is 0.269 e. The Morgan fingerprint density at radius 2 is 2.00 bits per heavy atom. The van der Waals surface area contributed by atoms with E-state index >= 15 is 0 Å². The molecular formula is C7H2ClF4NO. The van der Waals surface area contributed by atoms with Crippen LogP contribution in [-0.4, -0.2) is 10.2 Å². The fraction of sp³-hybridized carbons (Fsp3) is 0.143. The van der Waals surface area contributed by atoms with Gasteiger partial charge in [-0.15, -0.1) is 0 Å². The van der Waals surface area contributed by atoms with Crippen molar-refractivity contribution < 1.29 is 22.4 Å². The van der Waals surface area contributed by atoms with Gasteiger partial charge < -0.3 is 0 Å². The zero-order valence-corrected chi connectivity index (χ0v) is 7.16. The first-order valence-electron chi connectivity index (χ1n) is 3.27. The van der Waals surface area contributed by atoms with Gasteiger partial charge in [0.05, 0.1) is 17.3 Å². The second kappa shape index (κ2) is 3.91. The summed E-state index contributed by atoms with van der Waals surface area (Å²) < 4.78 is 49.8. The number of aromatic nitrogens is 1. The summed E-state index contributed by atoms with van der Waals surface area (Å²) in [6.07, 6.45) is -3.03. The van der Waals surface area contributed by atoms with Gasteiger partial charge >= 0.3 is 0 Å². The van der Waals surface area contributed by atoms with Crippen molar-refractivity contribution >= 4 is 16.8 Å². The molecular weight excluding hydrogens is 226 g/mol. The van der Waals surface area contributed by atoms with Crippen molar-refractivity contribution in [2.45, 2.75) is 6.43 Å². The predicted octanol–water partition coefficient (Wildman–Crippen LogP) is 2.68. The van der Waals surface area contributed by atoms with Gasteiger partial charge in [-0.05, 0) is 11.6 Å². The van der Waals surface area contributed by atoms with Crippen LogP contribution in [0.3, 0.4) is 0 Å². The first kappa shape index (κ1) is 10.9. The molecule has 0 saturated heterocycles. The van der Waals surface area contributed by atoms with E-state index < -0.39 is 34.6 Å². The van der Waals surface area contributed by atoms with Crippen molar-refractivity contribution in [1.82, 2.24) is 4.98 Å². The lowest BCUT2D eigenvalue weighted by Gasteiger charge is -2.05. The molecule has 0 aromatic carbocycles. The van der Waals surface area contributed by atoms with Crippen LogP contribution in [-0.2, 0) is 0 Å². The highest BCUT2D eigenvalue weighted by molar-refractivity contribution is 6.68. The number of nitrogens with zero attached hydrogens (tertiary/aromatic N) is 1. The Bertz CT molecular complexity index is 382. The molecule has 0 amide bonds. The molecule has 0 aliphatic rings. The van der Waals surface area contributed by atoms with Crippen LogP contribution in [0.1, 0.15) is 22.3 Å².